The van der Waals surface area contributed by atoms with Gasteiger partial charge in [0.05, 0.1) is 33.9 Å². The molecule has 1 amide bonds. The molecule has 0 atom stereocenters. The van der Waals surface area contributed by atoms with Crippen LogP contribution in [-0.2, 0) is 0 Å². The molecule has 0 spiro atoms. The number of anilines is 1. The van der Waals surface area contributed by atoms with Gasteiger partial charge in [-0.2, -0.15) is 5.10 Å². The Morgan fingerprint density at radius 3 is 2.27 bits per heavy atom. The third-order valence-corrected chi connectivity index (χ3v) is 6.07. The second-order valence-corrected chi connectivity index (χ2v) is 8.45. The lowest BCUT2D eigenvalue weighted by Crippen LogP contribution is -2.14. The summed E-state index contributed by atoms with van der Waals surface area (Å²) in [5.41, 5.74) is 15.3. The van der Waals surface area contributed by atoms with Crippen molar-refractivity contribution in [3.63, 3.8) is 0 Å². The summed E-state index contributed by atoms with van der Waals surface area (Å²) in [5, 5.41) is 8.69. The molecule has 0 aliphatic heterocycles. The number of nitrogens with two attached hydrogens (primary N) is 2. The van der Waals surface area contributed by atoms with Crippen molar-refractivity contribution in [3.05, 3.63) is 103 Å². The van der Waals surface area contributed by atoms with Gasteiger partial charge in [-0.05, 0) is 54.1 Å². The maximum atomic E-state index is 11.7. The van der Waals surface area contributed by atoms with Gasteiger partial charge in [0.2, 0.25) is 0 Å². The van der Waals surface area contributed by atoms with Crippen LogP contribution in [-0.4, -0.2) is 21.1 Å². The number of nitrogens with zero attached hydrogens (tertiary/aromatic N) is 2. The van der Waals surface area contributed by atoms with Crippen molar-refractivity contribution in [1.82, 2.24) is 15.2 Å². The van der Waals surface area contributed by atoms with Crippen molar-refractivity contribution in [1.29, 1.82) is 0 Å². The highest BCUT2D eigenvalue weighted by Gasteiger charge is 2.16. The first-order valence-corrected chi connectivity index (χ1v) is 11.5. The summed E-state index contributed by atoms with van der Waals surface area (Å²) in [6, 6.07) is 26.5. The van der Waals surface area contributed by atoms with Crippen LogP contribution in [0.15, 0.2) is 97.3 Å². The molecule has 0 fully saturated rings. The lowest BCUT2D eigenvalue weighted by Gasteiger charge is -2.13. The van der Waals surface area contributed by atoms with E-state index in [4.69, 9.17) is 20.9 Å². The number of carbonyl (C=O) groups excluding carboxylic acids is 1. The molecule has 6 aromatic rings. The summed E-state index contributed by atoms with van der Waals surface area (Å²) in [7, 11) is 0. The number of carbonyl (C=O) groups is 1. The van der Waals surface area contributed by atoms with Crippen LogP contribution in [0.5, 0.6) is 23.0 Å². The topological polar surface area (TPSA) is 129 Å². The fourth-order valence-corrected chi connectivity index (χ4v) is 4.26. The van der Waals surface area contributed by atoms with E-state index in [-0.39, 0.29) is 5.56 Å². The predicted octanol–water partition coefficient (Wildman–Crippen LogP) is 6.04. The molecule has 0 saturated heterocycles. The number of pyridine rings is 1. The Morgan fingerprint density at radius 2 is 1.51 bits per heavy atom. The highest BCUT2D eigenvalue weighted by molar-refractivity contribution is 6.09. The normalized spacial score (nSPS) is 11.0. The molecule has 0 bridgehead atoms. The van der Waals surface area contributed by atoms with Crippen LogP contribution in [0.3, 0.4) is 0 Å². The number of para-hydroxylation sites is 2. The largest absolute Gasteiger partial charge is 0.457 e. The van der Waals surface area contributed by atoms with E-state index in [9.17, 15) is 4.79 Å². The third-order valence-electron chi connectivity index (χ3n) is 6.07. The number of nitrogen functional groups attached to an aromatic ring is 1. The van der Waals surface area contributed by atoms with Crippen LogP contribution >= 0.6 is 0 Å². The number of ether oxygens (including phenoxy) is 2. The van der Waals surface area contributed by atoms with Crippen LogP contribution in [0.1, 0.15) is 10.4 Å². The molecule has 180 valence electrons. The zero-order chi connectivity index (χ0) is 25.4. The number of fused-ring (bicyclic) bond motifs is 2. The molecule has 8 nitrogen and oxygen atoms in total. The molecule has 8 heteroatoms. The van der Waals surface area contributed by atoms with E-state index in [0.717, 1.165) is 27.8 Å². The average Bonchev–Trinajstić information content (AvgIpc) is 3.39. The number of primary amides is 1. The zero-order valence-corrected chi connectivity index (χ0v) is 19.5. The number of nitrogens with one attached hydrogen (secondary N) is 1. The van der Waals surface area contributed by atoms with Crippen molar-refractivity contribution >= 4 is 33.4 Å². The number of hydrogen-bond donors (Lipinski definition) is 3. The first-order chi connectivity index (χ1) is 18.1. The van der Waals surface area contributed by atoms with Crippen LogP contribution in [0.25, 0.3) is 32.9 Å². The number of amides is 1. The number of aromatic nitrogens is 3. The molecule has 2 aromatic heterocycles. The van der Waals surface area contributed by atoms with Crippen LogP contribution in [0.2, 0.25) is 0 Å². The first-order valence-electron chi connectivity index (χ1n) is 11.5. The number of benzene rings is 4. The molecule has 0 aliphatic rings. The van der Waals surface area contributed by atoms with Gasteiger partial charge in [0.1, 0.15) is 23.0 Å². The Kier molecular flexibility index (Phi) is 5.39. The number of hydrogen-bond acceptors (Lipinski definition) is 6. The molecular formula is C29H21N5O3. The van der Waals surface area contributed by atoms with Gasteiger partial charge in [-0.3, -0.25) is 14.9 Å². The molecule has 5 N–H and O–H groups in total. The Labute approximate surface area is 211 Å². The van der Waals surface area contributed by atoms with Gasteiger partial charge in [0.25, 0.3) is 5.91 Å². The van der Waals surface area contributed by atoms with Crippen LogP contribution in [0.4, 0.5) is 5.69 Å². The first kappa shape index (κ1) is 22.1. The molecule has 6 rings (SSSR count). The van der Waals surface area contributed by atoms with Crippen LogP contribution in [0, 0.1) is 0 Å². The molecule has 0 aliphatic carbocycles. The second-order valence-electron chi connectivity index (χ2n) is 8.45. The Bertz CT molecular complexity index is 1760. The van der Waals surface area contributed by atoms with E-state index in [0.29, 0.717) is 33.8 Å². The SMILES string of the molecule is NC(=O)c1cnc2c(-c3cc(Oc4ccc(Oc5ccccc5)cc4)c4cn[nH]c4c3)cccc2c1N. The Morgan fingerprint density at radius 1 is 0.784 bits per heavy atom. The molecule has 2 heterocycles. The highest BCUT2D eigenvalue weighted by atomic mass is 16.5. The smallest absolute Gasteiger partial charge is 0.252 e. The standard InChI is InChI=1S/C29H21N5O3/c30-27-22-8-4-7-21(28(22)32-15-24(27)29(31)35)17-13-25-23(16-33-34-25)26(14-17)37-20-11-9-19(10-12-20)36-18-5-2-1-3-6-18/h1-16H,(H2,30,32)(H2,31,35)(H,33,34). The Balaban J connectivity index is 1.37. The molecule has 0 saturated carbocycles. The average molecular weight is 488 g/mol. The lowest BCUT2D eigenvalue weighted by molar-refractivity contribution is 0.100. The van der Waals surface area contributed by atoms with Gasteiger partial charge in [0, 0.05) is 17.1 Å². The van der Waals surface area contributed by atoms with E-state index in [1.807, 2.05) is 84.9 Å². The quantitative estimate of drug-likeness (QED) is 0.262. The summed E-state index contributed by atoms with van der Waals surface area (Å²) < 4.78 is 12.2. The molecule has 37 heavy (non-hydrogen) atoms. The molecule has 0 unspecified atom stereocenters. The second kappa shape index (κ2) is 9.01. The maximum Gasteiger partial charge on any atom is 0.252 e. The van der Waals surface area contributed by atoms with E-state index in [1.165, 1.54) is 6.20 Å². The monoisotopic (exact) mass is 487 g/mol. The molecular weight excluding hydrogens is 466 g/mol. The van der Waals surface area contributed by atoms with E-state index in [2.05, 4.69) is 15.2 Å². The summed E-state index contributed by atoms with van der Waals surface area (Å²) in [6.07, 6.45) is 3.13. The van der Waals surface area contributed by atoms with Crippen molar-refractivity contribution in [3.8, 4) is 34.1 Å². The summed E-state index contributed by atoms with van der Waals surface area (Å²) >= 11 is 0. The zero-order valence-electron chi connectivity index (χ0n) is 19.5. The number of aromatic amines is 1. The summed E-state index contributed by atoms with van der Waals surface area (Å²) in [4.78, 5) is 16.2. The lowest BCUT2D eigenvalue weighted by atomic mass is 9.99. The van der Waals surface area contributed by atoms with Gasteiger partial charge < -0.3 is 20.9 Å². The van der Waals surface area contributed by atoms with E-state index >= 15 is 0 Å². The predicted molar refractivity (Wildman–Crippen MR) is 143 cm³/mol. The highest BCUT2D eigenvalue weighted by Crippen LogP contribution is 2.38. The molecule has 4 aromatic carbocycles. The minimum atomic E-state index is -0.618. The summed E-state index contributed by atoms with van der Waals surface area (Å²) in [6.45, 7) is 0. The van der Waals surface area contributed by atoms with Gasteiger partial charge in [-0.25, -0.2) is 0 Å². The molecule has 0 radical (unpaired) electrons. The van der Waals surface area contributed by atoms with Gasteiger partial charge in [0.15, 0.2) is 0 Å². The fourth-order valence-electron chi connectivity index (χ4n) is 4.26. The Hall–Kier alpha value is -5.37. The fraction of sp³-hybridized carbons (Fsp3) is 0. The van der Waals surface area contributed by atoms with Crippen molar-refractivity contribution < 1.29 is 14.3 Å². The van der Waals surface area contributed by atoms with Gasteiger partial charge in [-0.15, -0.1) is 0 Å². The maximum absolute atomic E-state index is 11.7. The number of H-pyrrole nitrogens is 1. The van der Waals surface area contributed by atoms with Gasteiger partial charge >= 0.3 is 0 Å². The minimum Gasteiger partial charge on any atom is -0.457 e. The number of rotatable bonds is 6. The van der Waals surface area contributed by atoms with Crippen molar-refractivity contribution in [2.24, 2.45) is 5.73 Å². The minimum absolute atomic E-state index is 0.192. The van der Waals surface area contributed by atoms with E-state index < -0.39 is 5.91 Å². The van der Waals surface area contributed by atoms with Gasteiger partial charge in [-0.1, -0.05) is 36.4 Å². The van der Waals surface area contributed by atoms with Crippen LogP contribution < -0.4 is 20.9 Å². The van der Waals surface area contributed by atoms with E-state index in [1.54, 1.807) is 6.20 Å². The van der Waals surface area contributed by atoms with Crippen molar-refractivity contribution in [2.75, 3.05) is 5.73 Å². The summed E-state index contributed by atoms with van der Waals surface area (Å²) in [5.74, 6) is 2.11. The third kappa shape index (κ3) is 4.17. The van der Waals surface area contributed by atoms with Crippen molar-refractivity contribution in [2.45, 2.75) is 0 Å².